The number of rotatable bonds is 6. The Bertz CT molecular complexity index is 294. The lowest BCUT2D eigenvalue weighted by Gasteiger charge is -2.07. The number of alkyl halides is 1. The van der Waals surface area contributed by atoms with Crippen LogP contribution in [0.3, 0.4) is 0 Å². The van der Waals surface area contributed by atoms with Crippen LogP contribution in [0.1, 0.15) is 32.4 Å². The summed E-state index contributed by atoms with van der Waals surface area (Å²) in [6, 6.07) is 0. The van der Waals surface area contributed by atoms with Gasteiger partial charge in [-0.3, -0.25) is 4.98 Å². The zero-order valence-electron chi connectivity index (χ0n) is 9.24. The maximum absolute atomic E-state index is 5.42. The standard InChI is InChI=1S/C11H17BrN2O/c1-3-5-15-11-8-13-7-10(14-11)6-9(12)4-2/h7-9H,3-6H2,1-2H3. The van der Waals surface area contributed by atoms with Crippen molar-refractivity contribution in [3.05, 3.63) is 18.1 Å². The highest BCUT2D eigenvalue weighted by molar-refractivity contribution is 9.09. The molecule has 0 aliphatic heterocycles. The second kappa shape index (κ2) is 6.77. The topological polar surface area (TPSA) is 35.0 Å². The number of aromatic nitrogens is 2. The lowest BCUT2D eigenvalue weighted by Crippen LogP contribution is -2.05. The van der Waals surface area contributed by atoms with Crippen molar-refractivity contribution in [3.63, 3.8) is 0 Å². The van der Waals surface area contributed by atoms with Crippen molar-refractivity contribution in [2.45, 2.75) is 37.9 Å². The molecular formula is C11H17BrN2O. The summed E-state index contributed by atoms with van der Waals surface area (Å²) < 4.78 is 5.42. The maximum Gasteiger partial charge on any atom is 0.232 e. The van der Waals surface area contributed by atoms with E-state index in [2.05, 4.69) is 39.7 Å². The molecule has 0 N–H and O–H groups in total. The van der Waals surface area contributed by atoms with E-state index in [0.29, 0.717) is 17.3 Å². The molecule has 0 aliphatic carbocycles. The van der Waals surface area contributed by atoms with Gasteiger partial charge in [0.1, 0.15) is 0 Å². The summed E-state index contributed by atoms with van der Waals surface area (Å²) in [5.74, 6) is 0.630. The van der Waals surface area contributed by atoms with Crippen LogP contribution >= 0.6 is 15.9 Å². The first-order valence-corrected chi connectivity index (χ1v) is 6.25. The van der Waals surface area contributed by atoms with Gasteiger partial charge < -0.3 is 4.74 Å². The lowest BCUT2D eigenvalue weighted by molar-refractivity contribution is 0.303. The first kappa shape index (κ1) is 12.4. The van der Waals surface area contributed by atoms with Crippen LogP contribution in [0.5, 0.6) is 5.88 Å². The van der Waals surface area contributed by atoms with Gasteiger partial charge in [0.25, 0.3) is 0 Å². The van der Waals surface area contributed by atoms with Gasteiger partial charge in [0, 0.05) is 17.4 Å². The normalized spacial score (nSPS) is 12.5. The van der Waals surface area contributed by atoms with Crippen LogP contribution in [-0.2, 0) is 6.42 Å². The Morgan fingerprint density at radius 3 is 2.87 bits per heavy atom. The first-order valence-electron chi connectivity index (χ1n) is 5.34. The minimum Gasteiger partial charge on any atom is -0.477 e. The van der Waals surface area contributed by atoms with Crippen LogP contribution in [0.25, 0.3) is 0 Å². The molecule has 0 saturated heterocycles. The Morgan fingerprint density at radius 1 is 1.40 bits per heavy atom. The molecule has 1 atom stereocenters. The van der Waals surface area contributed by atoms with Crippen LogP contribution in [0.4, 0.5) is 0 Å². The molecule has 3 nitrogen and oxygen atoms in total. The number of ether oxygens (including phenoxy) is 1. The molecule has 1 aromatic rings. The quantitative estimate of drug-likeness (QED) is 0.747. The molecule has 0 spiro atoms. The monoisotopic (exact) mass is 272 g/mol. The molecule has 0 aliphatic rings. The predicted octanol–water partition coefficient (Wildman–Crippen LogP) is 2.98. The summed E-state index contributed by atoms with van der Waals surface area (Å²) in [6.45, 7) is 4.91. The Labute approximate surface area is 99.4 Å². The molecular weight excluding hydrogens is 256 g/mol. The van der Waals surface area contributed by atoms with Crippen molar-refractivity contribution >= 4 is 15.9 Å². The molecule has 0 fully saturated rings. The minimum absolute atomic E-state index is 0.466. The first-order chi connectivity index (χ1) is 7.26. The van der Waals surface area contributed by atoms with Gasteiger partial charge in [-0.15, -0.1) is 0 Å². The van der Waals surface area contributed by atoms with Crippen LogP contribution in [-0.4, -0.2) is 21.4 Å². The van der Waals surface area contributed by atoms with Gasteiger partial charge in [0.15, 0.2) is 0 Å². The van der Waals surface area contributed by atoms with Gasteiger partial charge in [-0.2, -0.15) is 0 Å². The van der Waals surface area contributed by atoms with Crippen molar-refractivity contribution < 1.29 is 4.74 Å². The zero-order valence-corrected chi connectivity index (χ0v) is 10.8. The van der Waals surface area contributed by atoms with Crippen LogP contribution in [0.2, 0.25) is 0 Å². The predicted molar refractivity (Wildman–Crippen MR) is 64.5 cm³/mol. The Hall–Kier alpha value is -0.640. The summed E-state index contributed by atoms with van der Waals surface area (Å²) in [4.78, 5) is 8.97. The number of halogens is 1. The van der Waals surface area contributed by atoms with Gasteiger partial charge in [0.2, 0.25) is 5.88 Å². The smallest absolute Gasteiger partial charge is 0.232 e. The Kier molecular flexibility index (Phi) is 5.61. The van der Waals surface area contributed by atoms with E-state index in [-0.39, 0.29) is 0 Å². The second-order valence-electron chi connectivity index (χ2n) is 3.41. The summed E-state index contributed by atoms with van der Waals surface area (Å²) in [6.07, 6.45) is 6.42. The molecule has 0 bridgehead atoms. The van der Waals surface area contributed by atoms with Crippen molar-refractivity contribution in [2.75, 3.05) is 6.61 Å². The van der Waals surface area contributed by atoms with Gasteiger partial charge >= 0.3 is 0 Å². The summed E-state index contributed by atoms with van der Waals surface area (Å²) in [5, 5.41) is 0. The van der Waals surface area contributed by atoms with Gasteiger partial charge in [-0.1, -0.05) is 29.8 Å². The number of nitrogens with zero attached hydrogens (tertiary/aromatic N) is 2. The van der Waals surface area contributed by atoms with Crippen LogP contribution in [0, 0.1) is 0 Å². The van der Waals surface area contributed by atoms with E-state index < -0.39 is 0 Å². The molecule has 0 amide bonds. The number of hydrogen-bond donors (Lipinski definition) is 0. The van der Waals surface area contributed by atoms with Crippen LogP contribution in [0.15, 0.2) is 12.4 Å². The molecule has 15 heavy (non-hydrogen) atoms. The average Bonchev–Trinajstić information content (AvgIpc) is 2.26. The van der Waals surface area contributed by atoms with Crippen molar-refractivity contribution in [3.8, 4) is 5.88 Å². The molecule has 0 radical (unpaired) electrons. The molecule has 1 rings (SSSR count). The molecule has 0 saturated carbocycles. The van der Waals surface area contributed by atoms with E-state index in [4.69, 9.17) is 4.74 Å². The summed E-state index contributed by atoms with van der Waals surface area (Å²) in [5.41, 5.74) is 0.979. The zero-order chi connectivity index (χ0) is 11.1. The van der Waals surface area contributed by atoms with E-state index in [1.165, 1.54) is 0 Å². The summed E-state index contributed by atoms with van der Waals surface area (Å²) >= 11 is 3.58. The van der Waals surface area contributed by atoms with Crippen molar-refractivity contribution in [2.24, 2.45) is 0 Å². The largest absolute Gasteiger partial charge is 0.477 e. The Balaban J connectivity index is 2.57. The maximum atomic E-state index is 5.42. The van der Waals surface area contributed by atoms with Crippen LogP contribution < -0.4 is 4.74 Å². The average molecular weight is 273 g/mol. The highest BCUT2D eigenvalue weighted by atomic mass is 79.9. The highest BCUT2D eigenvalue weighted by Crippen LogP contribution is 2.13. The molecule has 84 valence electrons. The third-order valence-electron chi connectivity index (χ3n) is 1.99. The van der Waals surface area contributed by atoms with E-state index in [0.717, 1.165) is 25.0 Å². The van der Waals surface area contributed by atoms with E-state index in [9.17, 15) is 0 Å². The number of hydrogen-bond acceptors (Lipinski definition) is 3. The fraction of sp³-hybridized carbons (Fsp3) is 0.636. The fourth-order valence-corrected chi connectivity index (χ4v) is 1.46. The van der Waals surface area contributed by atoms with Gasteiger partial charge in [-0.25, -0.2) is 4.98 Å². The lowest BCUT2D eigenvalue weighted by atomic mass is 10.2. The third kappa shape index (κ3) is 4.60. The van der Waals surface area contributed by atoms with Gasteiger partial charge in [-0.05, 0) is 12.8 Å². The van der Waals surface area contributed by atoms with Crippen molar-refractivity contribution in [1.82, 2.24) is 9.97 Å². The second-order valence-corrected chi connectivity index (χ2v) is 4.70. The van der Waals surface area contributed by atoms with E-state index >= 15 is 0 Å². The minimum atomic E-state index is 0.466. The molecule has 1 aromatic heterocycles. The highest BCUT2D eigenvalue weighted by Gasteiger charge is 2.05. The SMILES string of the molecule is CCCOc1cncc(CC(Br)CC)n1. The van der Waals surface area contributed by atoms with E-state index in [1.807, 2.05) is 0 Å². The molecule has 4 heteroatoms. The Morgan fingerprint density at radius 2 is 2.20 bits per heavy atom. The van der Waals surface area contributed by atoms with E-state index in [1.54, 1.807) is 12.4 Å². The molecule has 1 heterocycles. The summed E-state index contributed by atoms with van der Waals surface area (Å²) in [7, 11) is 0. The van der Waals surface area contributed by atoms with Gasteiger partial charge in [0.05, 0.1) is 18.5 Å². The molecule has 0 aromatic carbocycles. The van der Waals surface area contributed by atoms with Crippen molar-refractivity contribution in [1.29, 1.82) is 0 Å². The fourth-order valence-electron chi connectivity index (χ4n) is 1.13. The molecule has 1 unspecified atom stereocenters. The third-order valence-corrected chi connectivity index (χ3v) is 2.96.